The molecule has 0 amide bonds. The molecule has 0 radical (unpaired) electrons. The Morgan fingerprint density at radius 2 is 1.78 bits per heavy atom. The van der Waals surface area contributed by atoms with Crippen molar-refractivity contribution in [3.05, 3.63) is 0 Å². The van der Waals surface area contributed by atoms with Crippen molar-refractivity contribution in [2.24, 2.45) is 5.92 Å². The minimum atomic E-state index is -0.341. The highest BCUT2D eigenvalue weighted by atomic mass is 16.3. The van der Waals surface area contributed by atoms with Gasteiger partial charge in [0.15, 0.2) is 0 Å². The van der Waals surface area contributed by atoms with Crippen molar-refractivity contribution in [2.75, 3.05) is 0 Å². The van der Waals surface area contributed by atoms with Gasteiger partial charge in [-0.3, -0.25) is 0 Å². The first kappa shape index (κ1) is 7.07. The van der Waals surface area contributed by atoms with E-state index >= 15 is 0 Å². The zero-order chi connectivity index (χ0) is 6.91. The van der Waals surface area contributed by atoms with Gasteiger partial charge in [-0.2, -0.15) is 0 Å². The average molecular weight is 128 g/mol. The van der Waals surface area contributed by atoms with Crippen molar-refractivity contribution in [1.29, 1.82) is 0 Å². The molecule has 1 fully saturated rings. The molecule has 0 unspecified atom stereocenters. The second-order valence-electron chi connectivity index (χ2n) is 3.68. The topological polar surface area (TPSA) is 20.2 Å². The fraction of sp³-hybridized carbons (Fsp3) is 1.00. The van der Waals surface area contributed by atoms with E-state index in [2.05, 4.69) is 6.92 Å². The molecule has 0 aromatic rings. The second-order valence-corrected chi connectivity index (χ2v) is 3.68. The molecular weight excluding hydrogens is 112 g/mol. The molecule has 0 spiro atoms. The summed E-state index contributed by atoms with van der Waals surface area (Å²) in [4.78, 5) is 0. The van der Waals surface area contributed by atoms with Crippen molar-refractivity contribution >= 4 is 0 Å². The molecule has 1 aliphatic rings. The van der Waals surface area contributed by atoms with Crippen molar-refractivity contribution in [1.82, 2.24) is 0 Å². The van der Waals surface area contributed by atoms with Crippen LogP contribution in [0.3, 0.4) is 0 Å². The summed E-state index contributed by atoms with van der Waals surface area (Å²) in [6.07, 6.45) is 4.39. The molecule has 0 saturated heterocycles. The van der Waals surface area contributed by atoms with Gasteiger partial charge in [-0.15, -0.1) is 0 Å². The smallest absolute Gasteiger partial charge is 0.0620 e. The minimum Gasteiger partial charge on any atom is -0.390 e. The standard InChI is InChI=1S/C8H16O/c1-7-3-5-8(2,9)6-4-7/h7,9H,3-6H2,1-2H3/t7-,8+. The molecule has 1 heteroatoms. The summed E-state index contributed by atoms with van der Waals surface area (Å²) in [5, 5.41) is 9.49. The Morgan fingerprint density at radius 3 is 2.11 bits per heavy atom. The Morgan fingerprint density at radius 1 is 1.33 bits per heavy atom. The van der Waals surface area contributed by atoms with Gasteiger partial charge in [0.2, 0.25) is 0 Å². The summed E-state index contributed by atoms with van der Waals surface area (Å²) in [7, 11) is 0. The Hall–Kier alpha value is -0.0400. The summed E-state index contributed by atoms with van der Waals surface area (Å²) in [5.41, 5.74) is -0.341. The molecule has 0 heterocycles. The Bertz CT molecular complexity index is 86.7. The summed E-state index contributed by atoms with van der Waals surface area (Å²) >= 11 is 0. The normalized spacial score (nSPS) is 45.0. The van der Waals surface area contributed by atoms with Gasteiger partial charge < -0.3 is 5.11 Å². The molecule has 1 N–H and O–H groups in total. The van der Waals surface area contributed by atoms with Gasteiger partial charge in [-0.25, -0.2) is 0 Å². The first-order valence-electron chi connectivity index (χ1n) is 3.82. The van der Waals surface area contributed by atoms with Gasteiger partial charge in [-0.1, -0.05) is 6.92 Å². The summed E-state index contributed by atoms with van der Waals surface area (Å²) in [6, 6.07) is 0. The van der Waals surface area contributed by atoms with Crippen LogP contribution in [0.25, 0.3) is 0 Å². The van der Waals surface area contributed by atoms with Crippen LogP contribution in [0, 0.1) is 5.92 Å². The molecule has 54 valence electrons. The molecule has 1 saturated carbocycles. The quantitative estimate of drug-likeness (QED) is 0.528. The molecule has 1 aliphatic carbocycles. The van der Waals surface area contributed by atoms with E-state index in [1.54, 1.807) is 0 Å². The van der Waals surface area contributed by atoms with E-state index < -0.39 is 0 Å². The summed E-state index contributed by atoms with van der Waals surface area (Å²) in [6.45, 7) is 4.20. The van der Waals surface area contributed by atoms with Crippen LogP contribution < -0.4 is 0 Å². The third-order valence-corrected chi connectivity index (χ3v) is 2.35. The lowest BCUT2D eigenvalue weighted by Gasteiger charge is -2.31. The van der Waals surface area contributed by atoms with E-state index in [1.807, 2.05) is 6.92 Å². The first-order chi connectivity index (χ1) is 4.10. The number of hydrogen-bond acceptors (Lipinski definition) is 1. The molecule has 9 heavy (non-hydrogen) atoms. The molecule has 0 aromatic heterocycles. The van der Waals surface area contributed by atoms with E-state index in [0.29, 0.717) is 0 Å². The lowest BCUT2D eigenvalue weighted by Crippen LogP contribution is -2.29. The van der Waals surface area contributed by atoms with Gasteiger partial charge in [0.1, 0.15) is 0 Å². The molecule has 0 aromatic carbocycles. The van der Waals surface area contributed by atoms with Crippen molar-refractivity contribution in [2.45, 2.75) is 45.1 Å². The minimum absolute atomic E-state index is 0.341. The van der Waals surface area contributed by atoms with Gasteiger partial charge in [-0.05, 0) is 38.5 Å². The monoisotopic (exact) mass is 128 g/mol. The van der Waals surface area contributed by atoms with Crippen molar-refractivity contribution < 1.29 is 5.11 Å². The van der Waals surface area contributed by atoms with E-state index in [0.717, 1.165) is 18.8 Å². The third-order valence-electron chi connectivity index (χ3n) is 2.35. The van der Waals surface area contributed by atoms with Crippen LogP contribution >= 0.6 is 0 Å². The van der Waals surface area contributed by atoms with E-state index in [4.69, 9.17) is 0 Å². The number of aliphatic hydroxyl groups is 1. The maximum absolute atomic E-state index is 9.49. The van der Waals surface area contributed by atoms with Crippen molar-refractivity contribution in [3.63, 3.8) is 0 Å². The molecule has 0 aliphatic heterocycles. The second kappa shape index (κ2) is 2.30. The highest BCUT2D eigenvalue weighted by Gasteiger charge is 2.26. The van der Waals surface area contributed by atoms with Gasteiger partial charge in [0, 0.05) is 0 Å². The summed E-state index contributed by atoms with van der Waals surface area (Å²) in [5.74, 6) is 0.838. The van der Waals surface area contributed by atoms with Crippen LogP contribution in [0.15, 0.2) is 0 Å². The van der Waals surface area contributed by atoms with E-state index in [-0.39, 0.29) is 5.60 Å². The van der Waals surface area contributed by atoms with Crippen LogP contribution in [0.2, 0.25) is 0 Å². The number of hydrogen-bond donors (Lipinski definition) is 1. The molecule has 0 bridgehead atoms. The highest BCUT2D eigenvalue weighted by molar-refractivity contribution is 4.79. The summed E-state index contributed by atoms with van der Waals surface area (Å²) < 4.78 is 0. The molecule has 1 rings (SSSR count). The average Bonchev–Trinajstić information content (AvgIpc) is 1.78. The van der Waals surface area contributed by atoms with Crippen LogP contribution in [0.4, 0.5) is 0 Å². The SMILES string of the molecule is C[C@H]1CC[C@@](C)(O)CC1. The van der Waals surface area contributed by atoms with Crippen LogP contribution in [-0.2, 0) is 0 Å². The Kier molecular flexibility index (Phi) is 1.80. The van der Waals surface area contributed by atoms with E-state index in [1.165, 1.54) is 12.8 Å². The first-order valence-corrected chi connectivity index (χ1v) is 3.82. The third kappa shape index (κ3) is 1.98. The Labute approximate surface area is 57.1 Å². The molecular formula is C8H16O. The zero-order valence-corrected chi connectivity index (χ0v) is 6.35. The zero-order valence-electron chi connectivity index (χ0n) is 6.35. The highest BCUT2D eigenvalue weighted by Crippen LogP contribution is 2.30. The lowest BCUT2D eigenvalue weighted by atomic mass is 9.81. The lowest BCUT2D eigenvalue weighted by molar-refractivity contribution is 0.0104. The van der Waals surface area contributed by atoms with Crippen LogP contribution in [0.1, 0.15) is 39.5 Å². The van der Waals surface area contributed by atoms with E-state index in [9.17, 15) is 5.11 Å². The van der Waals surface area contributed by atoms with Gasteiger partial charge >= 0.3 is 0 Å². The Balaban J connectivity index is 2.35. The predicted molar refractivity (Wildman–Crippen MR) is 38.3 cm³/mol. The fourth-order valence-corrected chi connectivity index (χ4v) is 1.38. The maximum Gasteiger partial charge on any atom is 0.0620 e. The molecule has 1 nitrogen and oxygen atoms in total. The number of rotatable bonds is 0. The molecule has 0 atom stereocenters. The van der Waals surface area contributed by atoms with Gasteiger partial charge in [0.05, 0.1) is 5.60 Å². The van der Waals surface area contributed by atoms with Crippen molar-refractivity contribution in [3.8, 4) is 0 Å². The predicted octanol–water partition coefficient (Wildman–Crippen LogP) is 1.95. The van der Waals surface area contributed by atoms with Crippen LogP contribution in [-0.4, -0.2) is 10.7 Å². The van der Waals surface area contributed by atoms with Crippen LogP contribution in [0.5, 0.6) is 0 Å². The largest absolute Gasteiger partial charge is 0.390 e. The van der Waals surface area contributed by atoms with Gasteiger partial charge in [0.25, 0.3) is 0 Å². The maximum atomic E-state index is 9.49. The fourth-order valence-electron chi connectivity index (χ4n) is 1.38.